The van der Waals surface area contributed by atoms with E-state index in [4.69, 9.17) is 9.47 Å². The van der Waals surface area contributed by atoms with Gasteiger partial charge in [-0.1, -0.05) is 0 Å². The number of hydrogen-bond acceptors (Lipinski definition) is 2. The Bertz CT molecular complexity index is 481. The molecule has 2 nitrogen and oxygen atoms in total. The van der Waals surface area contributed by atoms with Crippen LogP contribution in [0, 0.1) is 0 Å². The van der Waals surface area contributed by atoms with E-state index in [-0.39, 0.29) is 24.8 Å². The third-order valence-electron chi connectivity index (χ3n) is 3.44. The van der Waals surface area contributed by atoms with Crippen LogP contribution in [0.15, 0.2) is 45.1 Å². The first-order chi connectivity index (χ1) is 9.07. The van der Waals surface area contributed by atoms with Crippen molar-refractivity contribution >= 4 is 0 Å². The number of rotatable bonds is 5. The summed E-state index contributed by atoms with van der Waals surface area (Å²) in [4.78, 5) is 0. The molecular formula is C16H21Cl2O2Ti. The predicted octanol–water partition coefficient (Wildman–Crippen LogP) is -1.85. The molecule has 2 aliphatic rings. The molecule has 2 rings (SSSR count). The molecule has 0 heterocycles. The molecule has 0 aromatic rings. The number of ether oxygens (including phenoxy) is 2. The minimum atomic E-state index is -0.610. The Labute approximate surface area is 152 Å². The van der Waals surface area contributed by atoms with Crippen LogP contribution in [-0.2, 0) is 29.9 Å². The molecule has 0 bridgehead atoms. The maximum absolute atomic E-state index is 6.27. The van der Waals surface area contributed by atoms with E-state index in [0.29, 0.717) is 6.61 Å². The number of halogens is 2. The molecule has 0 amide bonds. The van der Waals surface area contributed by atoms with Crippen LogP contribution in [0.2, 0.25) is 0 Å². The quantitative estimate of drug-likeness (QED) is 0.421. The van der Waals surface area contributed by atoms with Gasteiger partial charge in [-0.15, -0.1) is 0 Å². The Morgan fingerprint density at radius 2 is 2.00 bits per heavy atom. The third-order valence-corrected chi connectivity index (χ3v) is 4.14. The minimum Gasteiger partial charge on any atom is -1.00 e. The zero-order valence-corrected chi connectivity index (χ0v) is 15.8. The van der Waals surface area contributed by atoms with Gasteiger partial charge < -0.3 is 24.8 Å². The van der Waals surface area contributed by atoms with E-state index in [1.807, 2.05) is 0 Å². The molecule has 0 spiro atoms. The van der Waals surface area contributed by atoms with Crippen LogP contribution in [0.1, 0.15) is 40.0 Å². The molecule has 0 aliphatic heterocycles. The molecule has 0 aromatic carbocycles. The van der Waals surface area contributed by atoms with Crippen molar-refractivity contribution < 1.29 is 54.7 Å². The molecule has 5 heteroatoms. The van der Waals surface area contributed by atoms with Gasteiger partial charge in [0.15, 0.2) is 0 Å². The maximum atomic E-state index is 6.27. The molecule has 21 heavy (non-hydrogen) atoms. The average molecular weight is 364 g/mol. The first-order valence-electron chi connectivity index (χ1n) is 6.87. The topological polar surface area (TPSA) is 18.5 Å². The van der Waals surface area contributed by atoms with Crippen LogP contribution in [0.5, 0.6) is 0 Å². The van der Waals surface area contributed by atoms with Crippen molar-refractivity contribution in [2.24, 2.45) is 0 Å². The molecular weight excluding hydrogens is 343 g/mol. The summed E-state index contributed by atoms with van der Waals surface area (Å²) in [5, 5.41) is 0. The van der Waals surface area contributed by atoms with Crippen molar-refractivity contribution in [1.82, 2.24) is 0 Å². The van der Waals surface area contributed by atoms with Gasteiger partial charge in [0.1, 0.15) is 0 Å². The van der Waals surface area contributed by atoms with E-state index in [1.165, 1.54) is 9.45 Å². The van der Waals surface area contributed by atoms with Gasteiger partial charge in [0, 0.05) is 0 Å². The van der Waals surface area contributed by atoms with Gasteiger partial charge in [0.05, 0.1) is 0 Å². The van der Waals surface area contributed by atoms with E-state index in [2.05, 4.69) is 65.5 Å². The van der Waals surface area contributed by atoms with Crippen LogP contribution in [0.25, 0.3) is 0 Å². The predicted molar refractivity (Wildman–Crippen MR) is 73.0 cm³/mol. The van der Waals surface area contributed by atoms with Crippen molar-refractivity contribution in [3.63, 3.8) is 0 Å². The Morgan fingerprint density at radius 1 is 1.29 bits per heavy atom. The smallest absolute Gasteiger partial charge is 1.00 e. The molecule has 0 saturated carbocycles. The summed E-state index contributed by atoms with van der Waals surface area (Å²) in [6, 6.07) is 0. The standard InChI is InChI=1S/C16H21O2.2ClH.Ti/c1-4-11-17-16(18-15-7-5-6-8-15)10-9-13(2)12-14(16)3;;;/h5,7,9,12H,4,6,10-11H2,1-3H3;2*1H;/q;;;+2/p-2. The SMILES string of the molecule is CCCOC1(OC2=[C]([Ti+2])CC=C2)CC=C(C)C=C1C.[Cl-].[Cl-]. The fourth-order valence-corrected chi connectivity index (χ4v) is 2.71. The van der Waals surface area contributed by atoms with Crippen LogP contribution < -0.4 is 24.8 Å². The fraction of sp³-hybridized carbons (Fsp3) is 0.500. The van der Waals surface area contributed by atoms with Crippen LogP contribution in [0.4, 0.5) is 0 Å². The second-order valence-electron chi connectivity index (χ2n) is 5.13. The minimum absolute atomic E-state index is 0. The van der Waals surface area contributed by atoms with E-state index < -0.39 is 5.79 Å². The summed E-state index contributed by atoms with van der Waals surface area (Å²) in [5.74, 6) is 0.359. The second kappa shape index (κ2) is 9.22. The molecule has 115 valence electrons. The molecule has 1 atom stereocenters. The maximum Gasteiger partial charge on any atom is -1.00 e. The Hall–Kier alpha value is 0.0143. The first kappa shape index (κ1) is 21.0. The molecule has 0 N–H and O–H groups in total. The molecule has 2 aliphatic carbocycles. The number of allylic oxidation sites excluding steroid dienone is 5. The van der Waals surface area contributed by atoms with Crippen molar-refractivity contribution in [3.8, 4) is 0 Å². The van der Waals surface area contributed by atoms with E-state index >= 15 is 0 Å². The largest absolute Gasteiger partial charge is 1.00 e. The van der Waals surface area contributed by atoms with Gasteiger partial charge in [-0.2, -0.15) is 0 Å². The van der Waals surface area contributed by atoms with E-state index in [1.54, 1.807) is 0 Å². The first-order valence-corrected chi connectivity index (χ1v) is 7.65. The normalized spacial score (nSPS) is 24.0. The van der Waals surface area contributed by atoms with Gasteiger partial charge >= 0.3 is 127 Å². The summed E-state index contributed by atoms with van der Waals surface area (Å²) in [5.41, 5.74) is 2.44. The molecule has 0 aromatic heterocycles. The zero-order valence-electron chi connectivity index (χ0n) is 12.7. The summed E-state index contributed by atoms with van der Waals surface area (Å²) in [6.45, 7) is 7.05. The molecule has 0 fully saturated rings. The zero-order chi connectivity index (χ0) is 13.9. The van der Waals surface area contributed by atoms with Gasteiger partial charge in [-0.3, -0.25) is 0 Å². The Kier molecular flexibility index (Phi) is 9.23. The van der Waals surface area contributed by atoms with E-state index in [9.17, 15) is 0 Å². The number of hydrogen-bond donors (Lipinski definition) is 0. The Morgan fingerprint density at radius 3 is 2.52 bits per heavy atom. The Balaban J connectivity index is 0.00000200. The van der Waals surface area contributed by atoms with Crippen molar-refractivity contribution in [3.05, 3.63) is 45.1 Å². The van der Waals surface area contributed by atoms with E-state index in [0.717, 1.165) is 30.6 Å². The fourth-order valence-electron chi connectivity index (χ4n) is 2.32. The summed E-state index contributed by atoms with van der Waals surface area (Å²) in [6.07, 6.45) is 11.3. The summed E-state index contributed by atoms with van der Waals surface area (Å²) in [7, 11) is 0. The molecule has 1 unspecified atom stereocenters. The molecule has 0 radical (unpaired) electrons. The van der Waals surface area contributed by atoms with Gasteiger partial charge in [0.25, 0.3) is 0 Å². The van der Waals surface area contributed by atoms with Gasteiger partial charge in [0.2, 0.25) is 0 Å². The van der Waals surface area contributed by atoms with Gasteiger partial charge in [-0.25, -0.2) is 0 Å². The van der Waals surface area contributed by atoms with Crippen LogP contribution >= 0.6 is 0 Å². The van der Waals surface area contributed by atoms with Crippen LogP contribution in [-0.4, -0.2) is 12.4 Å². The third kappa shape index (κ3) is 5.01. The summed E-state index contributed by atoms with van der Waals surface area (Å²) >= 11 is 2.12. The summed E-state index contributed by atoms with van der Waals surface area (Å²) < 4.78 is 13.6. The van der Waals surface area contributed by atoms with Crippen molar-refractivity contribution in [2.45, 2.75) is 45.8 Å². The second-order valence-corrected chi connectivity index (χ2v) is 6.07. The average Bonchev–Trinajstić information content (AvgIpc) is 2.77. The van der Waals surface area contributed by atoms with Gasteiger partial charge in [-0.05, 0) is 0 Å². The molecule has 0 saturated heterocycles. The van der Waals surface area contributed by atoms with Crippen molar-refractivity contribution in [2.75, 3.05) is 6.61 Å². The van der Waals surface area contributed by atoms with Crippen molar-refractivity contribution in [1.29, 1.82) is 0 Å². The monoisotopic (exact) mass is 363 g/mol. The van der Waals surface area contributed by atoms with Crippen LogP contribution in [0.3, 0.4) is 0 Å².